The van der Waals surface area contributed by atoms with Crippen LogP contribution in [0.25, 0.3) is 0 Å². The second-order valence-corrected chi connectivity index (χ2v) is 5.46. The Hall–Kier alpha value is -1.42. The number of benzene rings is 1. The zero-order valence-corrected chi connectivity index (χ0v) is 12.4. The Bertz CT molecular complexity index is 525. The maximum absolute atomic E-state index is 12.1. The minimum absolute atomic E-state index is 0.0278. The van der Waals surface area contributed by atoms with Crippen LogP contribution in [0.15, 0.2) is 34.8 Å². The van der Waals surface area contributed by atoms with Gasteiger partial charge >= 0.3 is 0 Å². The molecule has 0 bridgehead atoms. The van der Waals surface area contributed by atoms with E-state index in [0.717, 1.165) is 22.7 Å². The largest absolute Gasteiger partial charge is 0.331 e. The van der Waals surface area contributed by atoms with Crippen molar-refractivity contribution in [1.29, 1.82) is 0 Å². The highest BCUT2D eigenvalue weighted by molar-refractivity contribution is 9.10. The zero-order chi connectivity index (χ0) is 13.8. The molecule has 1 aromatic carbocycles. The quantitative estimate of drug-likeness (QED) is 0.634. The van der Waals surface area contributed by atoms with E-state index in [9.17, 15) is 9.59 Å². The molecule has 100 valence electrons. The summed E-state index contributed by atoms with van der Waals surface area (Å²) in [5.41, 5.74) is 2.30. The predicted molar refractivity (Wildman–Crippen MR) is 77.8 cm³/mol. The number of rotatable bonds is 3. The molecule has 19 heavy (non-hydrogen) atoms. The number of fused-ring (bicyclic) bond motifs is 1. The highest BCUT2D eigenvalue weighted by Crippen LogP contribution is 2.33. The summed E-state index contributed by atoms with van der Waals surface area (Å²) < 4.78 is 0.975. The lowest BCUT2D eigenvalue weighted by Gasteiger charge is -2.36. The number of aldehydes is 1. The Morgan fingerprint density at radius 3 is 3.00 bits per heavy atom. The first-order chi connectivity index (χ1) is 9.17. The Morgan fingerprint density at radius 1 is 1.53 bits per heavy atom. The van der Waals surface area contributed by atoms with Gasteiger partial charge in [-0.2, -0.15) is 0 Å². The molecule has 0 N–H and O–H groups in total. The predicted octanol–water partition coefficient (Wildman–Crippen LogP) is 3.04. The van der Waals surface area contributed by atoms with E-state index in [-0.39, 0.29) is 11.9 Å². The van der Waals surface area contributed by atoms with Crippen molar-refractivity contribution >= 4 is 28.1 Å². The van der Waals surface area contributed by atoms with Crippen LogP contribution in [0.2, 0.25) is 0 Å². The van der Waals surface area contributed by atoms with Gasteiger partial charge in [-0.25, -0.2) is 0 Å². The number of nitrogens with zero attached hydrogens (tertiary/aromatic N) is 1. The second-order valence-electron chi connectivity index (χ2n) is 4.54. The Kier molecular flexibility index (Phi) is 4.53. The maximum atomic E-state index is 12.1. The lowest BCUT2D eigenvalue weighted by molar-refractivity contribution is -0.129. The van der Waals surface area contributed by atoms with Gasteiger partial charge in [-0.05, 0) is 42.7 Å². The van der Waals surface area contributed by atoms with Crippen LogP contribution in [0, 0.1) is 0 Å². The van der Waals surface area contributed by atoms with Crippen molar-refractivity contribution in [2.75, 3.05) is 6.54 Å². The van der Waals surface area contributed by atoms with Gasteiger partial charge in [-0.3, -0.25) is 4.79 Å². The Morgan fingerprint density at radius 2 is 2.32 bits per heavy atom. The van der Waals surface area contributed by atoms with Crippen molar-refractivity contribution in [2.45, 2.75) is 25.8 Å². The zero-order valence-electron chi connectivity index (χ0n) is 10.8. The molecule has 2 rings (SSSR count). The summed E-state index contributed by atoms with van der Waals surface area (Å²) in [7, 11) is 0. The van der Waals surface area contributed by atoms with E-state index in [2.05, 4.69) is 22.0 Å². The van der Waals surface area contributed by atoms with Crippen LogP contribution >= 0.6 is 15.9 Å². The average Bonchev–Trinajstić information content (AvgIpc) is 2.40. The van der Waals surface area contributed by atoms with E-state index >= 15 is 0 Å². The minimum atomic E-state index is -0.151. The molecule has 4 heteroatoms. The monoisotopic (exact) mass is 321 g/mol. The molecule has 0 spiro atoms. The summed E-state index contributed by atoms with van der Waals surface area (Å²) in [6, 6.07) is 5.93. The molecule has 0 aromatic heterocycles. The van der Waals surface area contributed by atoms with Gasteiger partial charge in [0.15, 0.2) is 0 Å². The first-order valence-corrected chi connectivity index (χ1v) is 7.12. The normalized spacial score (nSPS) is 18.4. The molecule has 1 aliphatic rings. The number of hydrogen-bond donors (Lipinski definition) is 0. The highest BCUT2D eigenvalue weighted by Gasteiger charge is 2.29. The van der Waals surface area contributed by atoms with Crippen LogP contribution < -0.4 is 0 Å². The number of carbonyl (C=O) groups excluding carboxylic acids is 2. The summed E-state index contributed by atoms with van der Waals surface area (Å²) in [6.07, 6.45) is 5.35. The number of amides is 1. The fourth-order valence-corrected chi connectivity index (χ4v) is 2.89. The van der Waals surface area contributed by atoms with Crippen LogP contribution in [0.3, 0.4) is 0 Å². The molecule has 1 aliphatic heterocycles. The lowest BCUT2D eigenvalue weighted by atomic mass is 9.91. The summed E-state index contributed by atoms with van der Waals surface area (Å²) >= 11 is 3.45. The van der Waals surface area contributed by atoms with E-state index in [1.165, 1.54) is 5.56 Å². The third-order valence-corrected chi connectivity index (χ3v) is 3.87. The molecule has 0 saturated heterocycles. The van der Waals surface area contributed by atoms with Gasteiger partial charge in [0.1, 0.15) is 6.29 Å². The summed E-state index contributed by atoms with van der Waals surface area (Å²) in [5, 5.41) is 0. The average molecular weight is 322 g/mol. The van der Waals surface area contributed by atoms with E-state index < -0.39 is 0 Å². The van der Waals surface area contributed by atoms with Crippen molar-refractivity contribution in [3.05, 3.63) is 46.0 Å². The van der Waals surface area contributed by atoms with Crippen LogP contribution in [-0.2, 0) is 16.0 Å². The molecule has 1 amide bonds. The smallest absolute Gasteiger partial charge is 0.246 e. The van der Waals surface area contributed by atoms with E-state index in [0.29, 0.717) is 13.0 Å². The molecule has 0 radical (unpaired) electrons. The van der Waals surface area contributed by atoms with Crippen LogP contribution in [0.5, 0.6) is 0 Å². The molecule has 0 fully saturated rings. The summed E-state index contributed by atoms with van der Waals surface area (Å²) in [4.78, 5) is 24.8. The van der Waals surface area contributed by atoms with Crippen molar-refractivity contribution < 1.29 is 9.59 Å². The highest BCUT2D eigenvalue weighted by atomic mass is 79.9. The molecule has 0 saturated carbocycles. The topological polar surface area (TPSA) is 37.4 Å². The lowest BCUT2D eigenvalue weighted by Crippen LogP contribution is -2.39. The van der Waals surface area contributed by atoms with Crippen molar-refractivity contribution in [3.63, 3.8) is 0 Å². The summed E-state index contributed by atoms with van der Waals surface area (Å²) in [5.74, 6) is -0.0278. The number of allylic oxidation sites excluding steroid dienone is 1. The van der Waals surface area contributed by atoms with Crippen molar-refractivity contribution in [1.82, 2.24) is 4.90 Å². The fraction of sp³-hybridized carbons (Fsp3) is 0.333. The molecule has 1 atom stereocenters. The first-order valence-electron chi connectivity index (χ1n) is 6.32. The van der Waals surface area contributed by atoms with E-state index in [1.807, 2.05) is 19.1 Å². The SMILES string of the molecule is C/C=C/C(=O)N1CCc2ccc(Br)cc2C1CC=O. The Balaban J connectivity index is 2.39. The van der Waals surface area contributed by atoms with Gasteiger partial charge in [0.25, 0.3) is 0 Å². The number of halogens is 1. The van der Waals surface area contributed by atoms with Gasteiger partial charge in [0.2, 0.25) is 5.91 Å². The van der Waals surface area contributed by atoms with Gasteiger partial charge in [-0.15, -0.1) is 0 Å². The maximum Gasteiger partial charge on any atom is 0.246 e. The fourth-order valence-electron chi connectivity index (χ4n) is 2.52. The van der Waals surface area contributed by atoms with Gasteiger partial charge in [0.05, 0.1) is 6.04 Å². The molecule has 3 nitrogen and oxygen atoms in total. The molecule has 0 aliphatic carbocycles. The van der Waals surface area contributed by atoms with Crippen molar-refractivity contribution in [2.24, 2.45) is 0 Å². The van der Waals surface area contributed by atoms with E-state index in [1.54, 1.807) is 17.1 Å². The minimum Gasteiger partial charge on any atom is -0.331 e. The molecular formula is C15H16BrNO2. The van der Waals surface area contributed by atoms with Gasteiger partial charge < -0.3 is 9.69 Å². The summed E-state index contributed by atoms with van der Waals surface area (Å²) in [6.45, 7) is 2.48. The second kappa shape index (κ2) is 6.15. The molecular weight excluding hydrogens is 306 g/mol. The van der Waals surface area contributed by atoms with Gasteiger partial charge in [-0.1, -0.05) is 28.1 Å². The standard InChI is InChI=1S/C15H16BrNO2/c1-2-3-15(19)17-8-6-11-4-5-12(16)10-13(11)14(17)7-9-18/h2-5,9-10,14H,6-8H2,1H3/b3-2+. The van der Waals surface area contributed by atoms with Crippen molar-refractivity contribution in [3.8, 4) is 0 Å². The van der Waals surface area contributed by atoms with Crippen LogP contribution in [0.1, 0.15) is 30.5 Å². The van der Waals surface area contributed by atoms with Crippen LogP contribution in [-0.4, -0.2) is 23.6 Å². The number of carbonyl (C=O) groups is 2. The molecule has 1 unspecified atom stereocenters. The van der Waals surface area contributed by atoms with Crippen LogP contribution in [0.4, 0.5) is 0 Å². The van der Waals surface area contributed by atoms with Gasteiger partial charge in [0, 0.05) is 17.4 Å². The first kappa shape index (κ1) is 14.0. The third kappa shape index (κ3) is 2.95. The third-order valence-electron chi connectivity index (χ3n) is 3.38. The van der Waals surface area contributed by atoms with E-state index in [4.69, 9.17) is 0 Å². The molecule has 1 heterocycles. The Labute approximate surface area is 121 Å². The molecule has 1 aromatic rings. The number of hydrogen-bond acceptors (Lipinski definition) is 2.